The number of hydrogen-bond donors (Lipinski definition) is 2. The van der Waals surface area contributed by atoms with E-state index in [-0.39, 0.29) is 30.1 Å². The summed E-state index contributed by atoms with van der Waals surface area (Å²) in [6.45, 7) is 0.405. The number of fused-ring (bicyclic) bond motifs is 1. The molecule has 0 aliphatic carbocycles. The second kappa shape index (κ2) is 12.0. The zero-order chi connectivity index (χ0) is 33.7. The number of ether oxygens (including phenoxy) is 1. The maximum atomic E-state index is 15.1. The molecular formula is C29H27F5N6O6. The number of alkyl halides is 3. The summed E-state index contributed by atoms with van der Waals surface area (Å²) in [5.41, 5.74) is -1.33. The van der Waals surface area contributed by atoms with Gasteiger partial charge < -0.3 is 29.0 Å². The van der Waals surface area contributed by atoms with Crippen LogP contribution < -0.4 is 21.5 Å². The van der Waals surface area contributed by atoms with Crippen molar-refractivity contribution in [2.75, 3.05) is 24.7 Å². The van der Waals surface area contributed by atoms with Gasteiger partial charge in [0, 0.05) is 62.1 Å². The number of benzene rings is 1. The molecule has 17 heteroatoms. The highest BCUT2D eigenvalue weighted by Crippen LogP contribution is 2.33. The first-order chi connectivity index (χ1) is 21.6. The lowest BCUT2D eigenvalue weighted by Crippen LogP contribution is -2.53. The number of morpholine rings is 1. The molecule has 0 spiro atoms. The van der Waals surface area contributed by atoms with Gasteiger partial charge in [0.25, 0.3) is 11.5 Å². The van der Waals surface area contributed by atoms with Crippen LogP contribution in [0.4, 0.5) is 27.6 Å². The number of nitrogens with zero attached hydrogens (tertiary/aromatic N) is 5. The number of rotatable bonds is 7. The Balaban J connectivity index is 1.44. The summed E-state index contributed by atoms with van der Waals surface area (Å²) in [5.74, 6) is -5.96. The number of imidazole rings is 1. The number of hydrogen-bond acceptors (Lipinski definition) is 7. The van der Waals surface area contributed by atoms with Crippen LogP contribution in [0.25, 0.3) is 16.8 Å². The van der Waals surface area contributed by atoms with Crippen molar-refractivity contribution in [3.8, 4) is 11.1 Å². The molecule has 3 aromatic heterocycles. The van der Waals surface area contributed by atoms with E-state index in [0.29, 0.717) is 23.4 Å². The topological polar surface area (TPSA) is 140 Å². The fourth-order valence-corrected chi connectivity index (χ4v) is 5.45. The Morgan fingerprint density at radius 2 is 1.80 bits per heavy atom. The van der Waals surface area contributed by atoms with Crippen LogP contribution in [0, 0.1) is 18.6 Å². The molecule has 12 nitrogen and oxygen atoms in total. The summed E-state index contributed by atoms with van der Waals surface area (Å²) in [6, 6.07) is 0.261. The van der Waals surface area contributed by atoms with Crippen LogP contribution >= 0.6 is 0 Å². The fraction of sp³-hybridized carbons (Fsp3) is 0.345. The molecule has 1 aromatic carbocycles. The number of pyridine rings is 1. The number of carboxylic acids is 1. The number of anilines is 1. The average Bonchev–Trinajstić information content (AvgIpc) is 3.49. The number of aromatic nitrogens is 4. The SMILES string of the molecule is Cc1c(-c2ccc(CC(NC(=O)c3c(F)cc(N4CCOC[C@@H]4C(F)(F)F)cc3F)C(=O)O)n3ccnc23)c(=O)n(C)c(=O)n1C. The van der Waals surface area contributed by atoms with Crippen molar-refractivity contribution in [3.05, 3.63) is 86.1 Å². The third-order valence-electron chi connectivity index (χ3n) is 7.97. The summed E-state index contributed by atoms with van der Waals surface area (Å²) in [5, 5.41) is 12.0. The Hall–Kier alpha value is -5.06. The van der Waals surface area contributed by atoms with Gasteiger partial charge in [0.2, 0.25) is 0 Å². The lowest BCUT2D eigenvalue weighted by Gasteiger charge is -2.38. The molecule has 4 aromatic rings. The number of amides is 1. The number of halogens is 5. The molecule has 1 unspecified atom stereocenters. The minimum Gasteiger partial charge on any atom is -0.480 e. The molecule has 0 radical (unpaired) electrons. The van der Waals surface area contributed by atoms with Gasteiger partial charge in [-0.15, -0.1) is 0 Å². The van der Waals surface area contributed by atoms with Crippen molar-refractivity contribution < 1.29 is 41.4 Å². The summed E-state index contributed by atoms with van der Waals surface area (Å²) in [4.78, 5) is 55.5. The van der Waals surface area contributed by atoms with Crippen molar-refractivity contribution in [1.82, 2.24) is 23.8 Å². The number of aliphatic carboxylic acids is 1. The first-order valence-electron chi connectivity index (χ1n) is 13.8. The minimum atomic E-state index is -4.76. The highest BCUT2D eigenvalue weighted by atomic mass is 19.4. The van der Waals surface area contributed by atoms with Gasteiger partial charge in [0.15, 0.2) is 0 Å². The second-order valence-corrected chi connectivity index (χ2v) is 10.7. The highest BCUT2D eigenvalue weighted by Gasteiger charge is 2.46. The molecule has 46 heavy (non-hydrogen) atoms. The molecule has 2 atom stereocenters. The fourth-order valence-electron chi connectivity index (χ4n) is 5.45. The summed E-state index contributed by atoms with van der Waals surface area (Å²) in [6.07, 6.45) is -2.29. The van der Waals surface area contributed by atoms with E-state index in [1.807, 2.05) is 0 Å². The van der Waals surface area contributed by atoms with Gasteiger partial charge in [0.1, 0.15) is 34.9 Å². The van der Waals surface area contributed by atoms with Crippen LogP contribution in [-0.2, 0) is 30.0 Å². The van der Waals surface area contributed by atoms with Crippen molar-refractivity contribution in [1.29, 1.82) is 0 Å². The molecule has 1 fully saturated rings. The maximum absolute atomic E-state index is 15.1. The van der Waals surface area contributed by atoms with E-state index in [1.54, 1.807) is 6.92 Å². The third kappa shape index (κ3) is 5.73. The Morgan fingerprint density at radius 1 is 1.13 bits per heavy atom. The largest absolute Gasteiger partial charge is 0.480 e. The number of carboxylic acid groups (broad SMARTS) is 1. The Labute approximate surface area is 256 Å². The molecule has 2 N–H and O–H groups in total. The van der Waals surface area contributed by atoms with Crippen molar-refractivity contribution >= 4 is 23.2 Å². The number of nitrogens with one attached hydrogen (secondary N) is 1. The minimum absolute atomic E-state index is 0.120. The average molecular weight is 651 g/mol. The smallest absolute Gasteiger partial charge is 0.411 e. The molecule has 0 saturated carbocycles. The van der Waals surface area contributed by atoms with Crippen molar-refractivity contribution in [2.24, 2.45) is 14.1 Å². The second-order valence-electron chi connectivity index (χ2n) is 10.7. The van der Waals surface area contributed by atoms with Crippen LogP contribution in [0.1, 0.15) is 21.7 Å². The molecule has 5 rings (SSSR count). The van der Waals surface area contributed by atoms with Gasteiger partial charge in [0.05, 0.1) is 18.8 Å². The third-order valence-corrected chi connectivity index (χ3v) is 7.97. The van der Waals surface area contributed by atoms with E-state index in [1.165, 1.54) is 47.6 Å². The van der Waals surface area contributed by atoms with E-state index in [9.17, 15) is 37.5 Å². The molecule has 1 saturated heterocycles. The van der Waals surface area contributed by atoms with Crippen LogP contribution in [0.2, 0.25) is 0 Å². The summed E-state index contributed by atoms with van der Waals surface area (Å²) < 4.78 is 79.2. The maximum Gasteiger partial charge on any atom is 0.411 e. The molecule has 244 valence electrons. The quantitative estimate of drug-likeness (QED) is 0.290. The first-order valence-corrected chi connectivity index (χ1v) is 13.8. The van der Waals surface area contributed by atoms with Crippen LogP contribution in [-0.4, -0.2) is 73.5 Å². The molecule has 1 aliphatic rings. The predicted molar refractivity (Wildman–Crippen MR) is 153 cm³/mol. The molecular weight excluding hydrogens is 623 g/mol. The molecule has 4 heterocycles. The van der Waals surface area contributed by atoms with Gasteiger partial charge in [-0.3, -0.25) is 14.2 Å². The predicted octanol–water partition coefficient (Wildman–Crippen LogP) is 2.18. The molecule has 0 bridgehead atoms. The van der Waals surface area contributed by atoms with E-state index in [2.05, 4.69) is 10.3 Å². The van der Waals surface area contributed by atoms with Gasteiger partial charge in [-0.25, -0.2) is 23.4 Å². The van der Waals surface area contributed by atoms with Crippen LogP contribution in [0.15, 0.2) is 46.2 Å². The Kier molecular flexibility index (Phi) is 8.46. The molecule has 1 aliphatic heterocycles. The zero-order valence-electron chi connectivity index (χ0n) is 24.6. The van der Waals surface area contributed by atoms with E-state index < -0.39 is 77.3 Å². The van der Waals surface area contributed by atoms with Gasteiger partial charge >= 0.3 is 17.8 Å². The van der Waals surface area contributed by atoms with E-state index in [4.69, 9.17) is 4.74 Å². The monoisotopic (exact) mass is 650 g/mol. The van der Waals surface area contributed by atoms with Gasteiger partial charge in [-0.1, -0.05) is 0 Å². The lowest BCUT2D eigenvalue weighted by molar-refractivity contribution is -0.167. The van der Waals surface area contributed by atoms with E-state index >= 15 is 8.78 Å². The first kappa shape index (κ1) is 32.3. The zero-order valence-corrected chi connectivity index (χ0v) is 24.6. The lowest BCUT2D eigenvalue weighted by atomic mass is 10.0. The van der Waals surface area contributed by atoms with Crippen molar-refractivity contribution in [2.45, 2.75) is 31.6 Å². The normalized spacial score (nSPS) is 16.1. The number of carbonyl (C=O) groups excluding carboxylic acids is 1. The summed E-state index contributed by atoms with van der Waals surface area (Å²) >= 11 is 0. The van der Waals surface area contributed by atoms with Gasteiger partial charge in [-0.05, 0) is 31.2 Å². The molecule has 1 amide bonds. The van der Waals surface area contributed by atoms with Crippen LogP contribution in [0.3, 0.4) is 0 Å². The standard InChI is InChI=1S/C29H27F5N6O6/c1-14-22(26(42)38(3)28(45)37(14)2)17-5-4-15(40-7-6-35-24(17)40)12-20(27(43)44)36-25(41)23-18(30)10-16(11-19(23)31)39-8-9-46-13-21(39)29(32,33)34/h4-7,10-11,20-21H,8-9,12-13H2,1-3H3,(H,36,41)(H,43,44)/t20?,21-/m1/s1. The Bertz CT molecular complexity index is 1960. The van der Waals surface area contributed by atoms with E-state index in [0.717, 1.165) is 9.47 Å². The van der Waals surface area contributed by atoms with Gasteiger partial charge in [-0.2, -0.15) is 13.2 Å². The van der Waals surface area contributed by atoms with Crippen molar-refractivity contribution in [3.63, 3.8) is 0 Å². The van der Waals surface area contributed by atoms with Crippen LogP contribution in [0.5, 0.6) is 0 Å². The summed E-state index contributed by atoms with van der Waals surface area (Å²) in [7, 11) is 2.82. The Morgan fingerprint density at radius 3 is 2.43 bits per heavy atom. The number of carbonyl (C=O) groups is 2. The highest BCUT2D eigenvalue weighted by molar-refractivity contribution is 5.97.